The van der Waals surface area contributed by atoms with Gasteiger partial charge in [0.25, 0.3) is 0 Å². The van der Waals surface area contributed by atoms with Crippen molar-refractivity contribution >= 4 is 0 Å². The molecule has 0 spiro atoms. The van der Waals surface area contributed by atoms with Crippen LogP contribution >= 0.6 is 0 Å². The van der Waals surface area contributed by atoms with E-state index in [0.29, 0.717) is 5.41 Å². The van der Waals surface area contributed by atoms with E-state index in [1.165, 1.54) is 24.1 Å². The van der Waals surface area contributed by atoms with Crippen LogP contribution in [0.5, 0.6) is 0 Å². The quantitative estimate of drug-likeness (QED) is 0.697. The van der Waals surface area contributed by atoms with Crippen LogP contribution in [0.1, 0.15) is 50.8 Å². The lowest BCUT2D eigenvalue weighted by molar-refractivity contribution is 0.371. The smallest absolute Gasteiger partial charge is 0.127 e. The summed E-state index contributed by atoms with van der Waals surface area (Å²) < 4.78 is 5.04. The second-order valence-corrected chi connectivity index (χ2v) is 5.23. The summed E-state index contributed by atoms with van der Waals surface area (Å²) in [4.78, 5) is 0. The number of rotatable bonds is 2. The van der Waals surface area contributed by atoms with Crippen molar-refractivity contribution in [2.45, 2.75) is 46.0 Å². The molecular formula is C11H17NO. The molecule has 0 amide bonds. The SMILES string of the molecule is CC(C)(C)Cc1nocc1C1CC1. The zero-order valence-electron chi connectivity index (χ0n) is 8.63. The highest BCUT2D eigenvalue weighted by atomic mass is 16.5. The summed E-state index contributed by atoms with van der Waals surface area (Å²) in [5, 5.41) is 4.09. The summed E-state index contributed by atoms with van der Waals surface area (Å²) in [6.07, 6.45) is 5.49. The van der Waals surface area contributed by atoms with E-state index in [-0.39, 0.29) is 0 Å². The van der Waals surface area contributed by atoms with Crippen LogP contribution in [0.2, 0.25) is 0 Å². The van der Waals surface area contributed by atoms with Gasteiger partial charge >= 0.3 is 0 Å². The van der Waals surface area contributed by atoms with Gasteiger partial charge in [0.1, 0.15) is 6.26 Å². The fraction of sp³-hybridized carbons (Fsp3) is 0.727. The van der Waals surface area contributed by atoms with Gasteiger partial charge in [0, 0.05) is 5.56 Å². The second-order valence-electron chi connectivity index (χ2n) is 5.23. The number of hydrogen-bond donors (Lipinski definition) is 0. The van der Waals surface area contributed by atoms with E-state index in [4.69, 9.17) is 4.52 Å². The molecule has 1 aliphatic carbocycles. The maximum atomic E-state index is 5.04. The average Bonchev–Trinajstić information content (AvgIpc) is 2.72. The molecule has 0 bridgehead atoms. The Hall–Kier alpha value is -0.790. The molecule has 0 unspecified atom stereocenters. The van der Waals surface area contributed by atoms with Gasteiger partial charge in [-0.2, -0.15) is 0 Å². The highest BCUT2D eigenvalue weighted by Crippen LogP contribution is 2.42. The van der Waals surface area contributed by atoms with Crippen molar-refractivity contribution in [3.05, 3.63) is 17.5 Å². The van der Waals surface area contributed by atoms with Crippen LogP contribution < -0.4 is 0 Å². The number of hydrogen-bond acceptors (Lipinski definition) is 2. The van der Waals surface area contributed by atoms with Gasteiger partial charge < -0.3 is 4.52 Å². The Labute approximate surface area is 79.3 Å². The third kappa shape index (κ3) is 2.11. The molecule has 2 heteroatoms. The molecule has 2 nitrogen and oxygen atoms in total. The molecule has 0 N–H and O–H groups in total. The van der Waals surface area contributed by atoms with Crippen LogP contribution in [0.25, 0.3) is 0 Å². The van der Waals surface area contributed by atoms with E-state index < -0.39 is 0 Å². The maximum Gasteiger partial charge on any atom is 0.127 e. The molecule has 1 aliphatic rings. The fourth-order valence-corrected chi connectivity index (χ4v) is 1.63. The van der Waals surface area contributed by atoms with Gasteiger partial charge in [-0.3, -0.25) is 0 Å². The summed E-state index contributed by atoms with van der Waals surface area (Å²) in [6.45, 7) is 6.70. The number of aromatic nitrogens is 1. The topological polar surface area (TPSA) is 26.0 Å². The molecule has 72 valence electrons. The predicted molar refractivity (Wildman–Crippen MR) is 51.6 cm³/mol. The van der Waals surface area contributed by atoms with Crippen LogP contribution in [-0.4, -0.2) is 5.16 Å². The summed E-state index contributed by atoms with van der Waals surface area (Å²) in [6, 6.07) is 0. The van der Waals surface area contributed by atoms with Crippen molar-refractivity contribution in [2.24, 2.45) is 5.41 Å². The monoisotopic (exact) mass is 179 g/mol. The van der Waals surface area contributed by atoms with Crippen LogP contribution in [-0.2, 0) is 6.42 Å². The zero-order chi connectivity index (χ0) is 9.47. The molecular weight excluding hydrogens is 162 g/mol. The maximum absolute atomic E-state index is 5.04. The van der Waals surface area contributed by atoms with Gasteiger partial charge in [0.2, 0.25) is 0 Å². The standard InChI is InChI=1S/C11H17NO/c1-11(2,3)6-10-9(7-13-12-10)8-4-5-8/h7-8H,4-6H2,1-3H3. The Morgan fingerprint density at radius 2 is 2.15 bits per heavy atom. The van der Waals surface area contributed by atoms with Crippen LogP contribution in [0, 0.1) is 5.41 Å². The van der Waals surface area contributed by atoms with Crippen molar-refractivity contribution in [1.82, 2.24) is 5.16 Å². The molecule has 0 radical (unpaired) electrons. The summed E-state index contributed by atoms with van der Waals surface area (Å²) in [7, 11) is 0. The molecule has 0 aliphatic heterocycles. The van der Waals surface area contributed by atoms with E-state index in [1.54, 1.807) is 0 Å². The second kappa shape index (κ2) is 2.86. The van der Waals surface area contributed by atoms with E-state index >= 15 is 0 Å². The van der Waals surface area contributed by atoms with Gasteiger partial charge in [-0.25, -0.2) is 0 Å². The first-order valence-electron chi connectivity index (χ1n) is 4.99. The van der Waals surface area contributed by atoms with Crippen molar-refractivity contribution in [3.8, 4) is 0 Å². The van der Waals surface area contributed by atoms with Crippen molar-refractivity contribution in [3.63, 3.8) is 0 Å². The third-order valence-electron chi connectivity index (χ3n) is 2.39. The first-order valence-corrected chi connectivity index (χ1v) is 4.99. The van der Waals surface area contributed by atoms with E-state index in [2.05, 4.69) is 25.9 Å². The molecule has 1 saturated carbocycles. The molecule has 1 heterocycles. The minimum absolute atomic E-state index is 0.306. The van der Waals surface area contributed by atoms with E-state index in [9.17, 15) is 0 Å². The fourth-order valence-electron chi connectivity index (χ4n) is 1.63. The van der Waals surface area contributed by atoms with Gasteiger partial charge in [-0.15, -0.1) is 0 Å². The largest absolute Gasteiger partial charge is 0.364 e. The lowest BCUT2D eigenvalue weighted by atomic mass is 9.89. The summed E-state index contributed by atoms with van der Waals surface area (Å²) in [5.41, 5.74) is 2.84. The van der Waals surface area contributed by atoms with Crippen LogP contribution in [0.3, 0.4) is 0 Å². The van der Waals surface area contributed by atoms with Gasteiger partial charge in [0.15, 0.2) is 0 Å². The Balaban J connectivity index is 2.15. The van der Waals surface area contributed by atoms with Gasteiger partial charge in [-0.05, 0) is 30.6 Å². The normalized spacial score (nSPS) is 17.8. The molecule has 1 aromatic rings. The number of nitrogens with zero attached hydrogens (tertiary/aromatic N) is 1. The summed E-state index contributed by atoms with van der Waals surface area (Å²) in [5.74, 6) is 0.753. The molecule has 2 rings (SSSR count). The van der Waals surface area contributed by atoms with Crippen molar-refractivity contribution in [1.29, 1.82) is 0 Å². The zero-order valence-corrected chi connectivity index (χ0v) is 8.63. The Morgan fingerprint density at radius 1 is 1.46 bits per heavy atom. The molecule has 1 aromatic heterocycles. The van der Waals surface area contributed by atoms with Crippen molar-refractivity contribution in [2.75, 3.05) is 0 Å². The summed E-state index contributed by atoms with van der Waals surface area (Å²) >= 11 is 0. The van der Waals surface area contributed by atoms with E-state index in [1.807, 2.05) is 6.26 Å². The first kappa shape index (κ1) is 8.79. The molecule has 0 atom stereocenters. The van der Waals surface area contributed by atoms with Crippen LogP contribution in [0.15, 0.2) is 10.8 Å². The Bertz CT molecular complexity index is 291. The third-order valence-corrected chi connectivity index (χ3v) is 2.39. The Morgan fingerprint density at radius 3 is 2.69 bits per heavy atom. The van der Waals surface area contributed by atoms with Gasteiger partial charge in [-0.1, -0.05) is 25.9 Å². The lowest BCUT2D eigenvalue weighted by Crippen LogP contribution is -2.10. The molecule has 0 saturated heterocycles. The minimum Gasteiger partial charge on any atom is -0.364 e. The van der Waals surface area contributed by atoms with Crippen LogP contribution in [0.4, 0.5) is 0 Å². The highest BCUT2D eigenvalue weighted by molar-refractivity contribution is 5.24. The predicted octanol–water partition coefficient (Wildman–Crippen LogP) is 3.14. The molecule has 0 aromatic carbocycles. The van der Waals surface area contributed by atoms with Gasteiger partial charge in [0.05, 0.1) is 5.69 Å². The molecule has 13 heavy (non-hydrogen) atoms. The minimum atomic E-state index is 0.306. The van der Waals surface area contributed by atoms with Crippen molar-refractivity contribution < 1.29 is 4.52 Å². The highest BCUT2D eigenvalue weighted by Gasteiger charge is 2.29. The lowest BCUT2D eigenvalue weighted by Gasteiger charge is -2.16. The average molecular weight is 179 g/mol. The Kier molecular flexibility index (Phi) is 1.94. The molecule has 1 fully saturated rings. The van der Waals surface area contributed by atoms with E-state index in [0.717, 1.165) is 12.3 Å². The first-order chi connectivity index (χ1) is 6.06.